The lowest BCUT2D eigenvalue weighted by Crippen LogP contribution is -2.52. The fraction of sp³-hybridized carbons (Fsp3) is 0.571. The summed E-state index contributed by atoms with van der Waals surface area (Å²) in [7, 11) is 0. The fourth-order valence-electron chi connectivity index (χ4n) is 4.11. The average Bonchev–Trinajstić information content (AvgIpc) is 3.19. The smallest absolute Gasteiger partial charge is 0.368 e. The van der Waals surface area contributed by atoms with Crippen molar-refractivity contribution in [3.63, 3.8) is 0 Å². The largest absolute Gasteiger partial charge is 0.416 e. The summed E-state index contributed by atoms with van der Waals surface area (Å²) in [5.41, 5.74) is -0.00882. The van der Waals surface area contributed by atoms with E-state index in [-0.39, 0.29) is 0 Å². The number of rotatable bonds is 4. The van der Waals surface area contributed by atoms with Gasteiger partial charge in [0.05, 0.1) is 5.56 Å². The second kappa shape index (κ2) is 9.15. The summed E-state index contributed by atoms with van der Waals surface area (Å²) < 4.78 is 41.3. The van der Waals surface area contributed by atoms with Crippen molar-refractivity contribution in [1.82, 2.24) is 25.0 Å². The van der Waals surface area contributed by atoms with E-state index < -0.39 is 11.7 Å². The van der Waals surface area contributed by atoms with Crippen LogP contribution in [0.15, 0.2) is 29.3 Å². The Morgan fingerprint density at radius 2 is 1.90 bits per heavy atom. The third kappa shape index (κ3) is 4.94. The number of alkyl halides is 3. The van der Waals surface area contributed by atoms with E-state index in [1.54, 1.807) is 6.07 Å². The zero-order valence-electron chi connectivity index (χ0n) is 17.7. The first-order chi connectivity index (χ1) is 15.0. The molecule has 0 aliphatic carbocycles. The molecule has 1 aromatic heterocycles. The lowest BCUT2D eigenvalue weighted by molar-refractivity contribution is -0.137. The lowest BCUT2D eigenvalue weighted by atomic mass is 10.1. The molecule has 168 valence electrons. The molecule has 0 radical (unpaired) electrons. The van der Waals surface area contributed by atoms with Crippen LogP contribution in [0.1, 0.15) is 37.0 Å². The second-order valence-corrected chi connectivity index (χ2v) is 7.83. The minimum Gasteiger partial charge on any atom is -0.368 e. The predicted octanol–water partition coefficient (Wildman–Crippen LogP) is 2.92. The van der Waals surface area contributed by atoms with Crippen LogP contribution in [0.3, 0.4) is 0 Å². The second-order valence-electron chi connectivity index (χ2n) is 7.83. The Morgan fingerprint density at radius 3 is 2.65 bits per heavy atom. The molecule has 0 unspecified atom stereocenters. The SMILES string of the molecule is CCNC(=NCc1nnc2n1CCCC2)N1CCN(c2cccc(C(F)(F)F)c2)CC1. The molecule has 0 bridgehead atoms. The van der Waals surface area contributed by atoms with E-state index >= 15 is 0 Å². The first kappa shape index (κ1) is 21.5. The van der Waals surface area contributed by atoms with Crippen molar-refractivity contribution in [3.8, 4) is 0 Å². The highest BCUT2D eigenvalue weighted by Crippen LogP contribution is 2.31. The molecule has 3 heterocycles. The van der Waals surface area contributed by atoms with Gasteiger partial charge in [0.15, 0.2) is 11.8 Å². The van der Waals surface area contributed by atoms with Gasteiger partial charge in [-0.1, -0.05) is 6.07 Å². The molecule has 1 N–H and O–H groups in total. The van der Waals surface area contributed by atoms with E-state index in [2.05, 4.69) is 25.0 Å². The highest BCUT2D eigenvalue weighted by Gasteiger charge is 2.31. The number of guanidine groups is 1. The van der Waals surface area contributed by atoms with Crippen LogP contribution in [0.25, 0.3) is 0 Å². The minimum atomic E-state index is -4.33. The molecule has 2 aromatic rings. The number of anilines is 1. The van der Waals surface area contributed by atoms with Crippen molar-refractivity contribution in [1.29, 1.82) is 0 Å². The Balaban J connectivity index is 1.41. The molecule has 1 fully saturated rings. The maximum absolute atomic E-state index is 13.0. The Labute approximate surface area is 180 Å². The number of hydrogen-bond donors (Lipinski definition) is 1. The van der Waals surface area contributed by atoms with Gasteiger partial charge >= 0.3 is 6.18 Å². The summed E-state index contributed by atoms with van der Waals surface area (Å²) in [6.45, 7) is 6.79. The van der Waals surface area contributed by atoms with E-state index in [0.717, 1.165) is 56.0 Å². The summed E-state index contributed by atoms with van der Waals surface area (Å²) in [4.78, 5) is 8.92. The molecule has 0 saturated carbocycles. The van der Waals surface area contributed by atoms with Crippen LogP contribution < -0.4 is 10.2 Å². The van der Waals surface area contributed by atoms with Gasteiger partial charge < -0.3 is 19.7 Å². The van der Waals surface area contributed by atoms with Gasteiger partial charge in [0.2, 0.25) is 0 Å². The number of benzene rings is 1. The van der Waals surface area contributed by atoms with Crippen LogP contribution in [0.2, 0.25) is 0 Å². The van der Waals surface area contributed by atoms with Crippen LogP contribution in [0, 0.1) is 0 Å². The van der Waals surface area contributed by atoms with E-state index in [0.29, 0.717) is 38.4 Å². The van der Waals surface area contributed by atoms with Crippen molar-refractivity contribution in [2.45, 2.75) is 45.5 Å². The zero-order valence-corrected chi connectivity index (χ0v) is 17.7. The highest BCUT2D eigenvalue weighted by molar-refractivity contribution is 5.80. The molecule has 1 saturated heterocycles. The Hall–Kier alpha value is -2.78. The minimum absolute atomic E-state index is 0.461. The van der Waals surface area contributed by atoms with Gasteiger partial charge in [-0.25, -0.2) is 4.99 Å². The molecule has 2 aliphatic rings. The van der Waals surface area contributed by atoms with Crippen LogP contribution in [-0.2, 0) is 25.7 Å². The molecule has 10 heteroatoms. The number of nitrogens with one attached hydrogen (secondary N) is 1. The molecule has 0 spiro atoms. The van der Waals surface area contributed by atoms with Crippen molar-refractivity contribution in [2.75, 3.05) is 37.6 Å². The molecule has 7 nitrogen and oxygen atoms in total. The molecule has 2 aliphatic heterocycles. The number of nitrogens with zero attached hydrogens (tertiary/aromatic N) is 6. The third-order valence-corrected chi connectivity index (χ3v) is 5.76. The van der Waals surface area contributed by atoms with Crippen molar-refractivity contribution >= 4 is 11.6 Å². The molecule has 0 atom stereocenters. The number of aliphatic imine (C=N–C) groups is 1. The summed E-state index contributed by atoms with van der Waals surface area (Å²) >= 11 is 0. The van der Waals surface area contributed by atoms with Gasteiger partial charge in [-0.3, -0.25) is 0 Å². The number of aryl methyl sites for hydroxylation is 1. The van der Waals surface area contributed by atoms with Crippen molar-refractivity contribution in [3.05, 3.63) is 41.5 Å². The normalized spacial score (nSPS) is 17.6. The zero-order chi connectivity index (χ0) is 21.8. The molecular weight excluding hydrogens is 407 g/mol. The van der Waals surface area contributed by atoms with Gasteiger partial charge in [-0.15, -0.1) is 10.2 Å². The van der Waals surface area contributed by atoms with Crippen LogP contribution in [0.5, 0.6) is 0 Å². The van der Waals surface area contributed by atoms with Gasteiger partial charge in [0.25, 0.3) is 0 Å². The van der Waals surface area contributed by atoms with E-state index in [9.17, 15) is 13.2 Å². The number of hydrogen-bond acceptors (Lipinski definition) is 4. The van der Waals surface area contributed by atoms with Crippen LogP contribution in [-0.4, -0.2) is 58.3 Å². The fourth-order valence-corrected chi connectivity index (χ4v) is 4.11. The van der Waals surface area contributed by atoms with E-state index in [1.165, 1.54) is 12.1 Å². The maximum Gasteiger partial charge on any atom is 0.416 e. The first-order valence-corrected chi connectivity index (χ1v) is 10.8. The van der Waals surface area contributed by atoms with Gasteiger partial charge in [-0.2, -0.15) is 13.2 Å². The molecule has 31 heavy (non-hydrogen) atoms. The van der Waals surface area contributed by atoms with Crippen molar-refractivity contribution in [2.24, 2.45) is 4.99 Å². The lowest BCUT2D eigenvalue weighted by Gasteiger charge is -2.38. The van der Waals surface area contributed by atoms with Gasteiger partial charge in [-0.05, 0) is 38.0 Å². The van der Waals surface area contributed by atoms with E-state index in [4.69, 9.17) is 4.99 Å². The molecule has 0 amide bonds. The number of piperazine rings is 1. The first-order valence-electron chi connectivity index (χ1n) is 10.8. The Bertz CT molecular complexity index is 914. The predicted molar refractivity (Wildman–Crippen MR) is 113 cm³/mol. The third-order valence-electron chi connectivity index (χ3n) is 5.76. The molecular formula is C21H28F3N7. The number of aromatic nitrogens is 3. The molecule has 4 rings (SSSR count). The number of halogens is 3. The summed E-state index contributed by atoms with van der Waals surface area (Å²) in [5.74, 6) is 2.73. The van der Waals surface area contributed by atoms with Crippen LogP contribution in [0.4, 0.5) is 18.9 Å². The van der Waals surface area contributed by atoms with E-state index in [1.807, 2.05) is 11.8 Å². The van der Waals surface area contributed by atoms with Crippen LogP contribution >= 0.6 is 0 Å². The average molecular weight is 435 g/mol. The monoisotopic (exact) mass is 435 g/mol. The summed E-state index contributed by atoms with van der Waals surface area (Å²) in [6, 6.07) is 5.54. The quantitative estimate of drug-likeness (QED) is 0.591. The molecule has 1 aromatic carbocycles. The Kier molecular flexibility index (Phi) is 6.33. The van der Waals surface area contributed by atoms with Gasteiger partial charge in [0.1, 0.15) is 12.4 Å². The summed E-state index contributed by atoms with van der Waals surface area (Å²) in [6.07, 6.45) is -1.07. The Morgan fingerprint density at radius 1 is 1.10 bits per heavy atom. The maximum atomic E-state index is 13.0. The summed E-state index contributed by atoms with van der Waals surface area (Å²) in [5, 5.41) is 11.9. The number of fused-ring (bicyclic) bond motifs is 1. The highest BCUT2D eigenvalue weighted by atomic mass is 19.4. The van der Waals surface area contributed by atoms with Crippen molar-refractivity contribution < 1.29 is 13.2 Å². The standard InChI is InChI=1S/C21H28F3N7/c1-2-25-20(26-15-19-28-27-18-8-3-4-9-31(18)19)30-12-10-29(11-13-30)17-7-5-6-16(14-17)21(22,23)24/h5-7,14H,2-4,8-13,15H2,1H3,(H,25,26). The van der Waals surface area contributed by atoms with Gasteiger partial charge in [0, 0.05) is 51.4 Å². The topological polar surface area (TPSA) is 61.6 Å².